The van der Waals surface area contributed by atoms with Gasteiger partial charge in [0.2, 0.25) is 0 Å². The molecule has 0 bridgehead atoms. The van der Waals surface area contributed by atoms with Crippen molar-refractivity contribution in [2.24, 2.45) is 0 Å². The first-order chi connectivity index (χ1) is 11.5. The topological polar surface area (TPSA) is 43.8 Å². The second-order valence-electron chi connectivity index (χ2n) is 6.54. The highest BCUT2D eigenvalue weighted by Gasteiger charge is 2.31. The van der Waals surface area contributed by atoms with E-state index in [2.05, 4.69) is 25.1 Å². The molecule has 24 heavy (non-hydrogen) atoms. The van der Waals surface area contributed by atoms with Crippen molar-refractivity contribution in [2.75, 3.05) is 20.6 Å². The number of nitrogens with zero attached hydrogens (tertiary/aromatic N) is 2. The molecular formula is C20H24N2O2. The van der Waals surface area contributed by atoms with Crippen LogP contribution in [-0.4, -0.2) is 41.6 Å². The lowest BCUT2D eigenvalue weighted by Crippen LogP contribution is -2.44. The van der Waals surface area contributed by atoms with Crippen LogP contribution < -0.4 is 0 Å². The van der Waals surface area contributed by atoms with Crippen LogP contribution in [0.2, 0.25) is 0 Å². The molecule has 0 radical (unpaired) electrons. The Balaban J connectivity index is 2.09. The Morgan fingerprint density at radius 3 is 2.67 bits per heavy atom. The molecule has 2 amide bonds. The number of aryl methyl sites for hydroxylation is 1. The first kappa shape index (κ1) is 16.4. The van der Waals surface area contributed by atoms with Crippen LogP contribution in [0.4, 0.5) is 4.79 Å². The van der Waals surface area contributed by atoms with Gasteiger partial charge in [0.25, 0.3) is 0 Å². The minimum atomic E-state index is 0.0247. The van der Waals surface area contributed by atoms with E-state index >= 15 is 0 Å². The van der Waals surface area contributed by atoms with Crippen molar-refractivity contribution < 1.29 is 9.90 Å². The van der Waals surface area contributed by atoms with Gasteiger partial charge in [0, 0.05) is 33.1 Å². The van der Waals surface area contributed by atoms with Crippen molar-refractivity contribution in [2.45, 2.75) is 25.8 Å². The fourth-order valence-electron chi connectivity index (χ4n) is 3.53. The third-order valence-corrected chi connectivity index (χ3v) is 4.74. The number of hydrogen-bond donors (Lipinski definition) is 1. The maximum absolute atomic E-state index is 12.6. The summed E-state index contributed by atoms with van der Waals surface area (Å²) < 4.78 is 0. The quantitative estimate of drug-likeness (QED) is 0.917. The molecular weight excluding hydrogens is 300 g/mol. The van der Waals surface area contributed by atoms with Gasteiger partial charge in [0.15, 0.2) is 0 Å². The smallest absolute Gasteiger partial charge is 0.319 e. The van der Waals surface area contributed by atoms with Gasteiger partial charge >= 0.3 is 6.03 Å². The summed E-state index contributed by atoms with van der Waals surface area (Å²) >= 11 is 0. The van der Waals surface area contributed by atoms with Crippen LogP contribution in [0.1, 0.15) is 35.1 Å². The van der Waals surface area contributed by atoms with Crippen molar-refractivity contribution in [3.05, 3.63) is 64.7 Å². The third-order valence-electron chi connectivity index (χ3n) is 4.74. The van der Waals surface area contributed by atoms with Gasteiger partial charge in [-0.25, -0.2) is 4.79 Å². The van der Waals surface area contributed by atoms with Gasteiger partial charge in [-0.15, -0.1) is 0 Å². The summed E-state index contributed by atoms with van der Waals surface area (Å²) in [6.45, 7) is 3.41. The van der Waals surface area contributed by atoms with E-state index < -0.39 is 0 Å². The Bertz CT molecular complexity index is 755. The van der Waals surface area contributed by atoms with E-state index in [0.29, 0.717) is 13.1 Å². The van der Waals surface area contributed by atoms with Gasteiger partial charge in [0.05, 0.1) is 0 Å². The van der Waals surface area contributed by atoms with E-state index in [1.54, 1.807) is 31.1 Å². The Morgan fingerprint density at radius 2 is 2.00 bits per heavy atom. The summed E-state index contributed by atoms with van der Waals surface area (Å²) in [5.74, 6) is 0.341. The Morgan fingerprint density at radius 1 is 1.25 bits per heavy atom. The molecule has 1 N–H and O–H groups in total. The Labute approximate surface area is 143 Å². The zero-order chi connectivity index (χ0) is 17.3. The van der Waals surface area contributed by atoms with Crippen LogP contribution in [0.5, 0.6) is 5.75 Å². The number of benzene rings is 2. The predicted octanol–water partition coefficient (Wildman–Crippen LogP) is 3.58. The minimum Gasteiger partial charge on any atom is -0.508 e. The van der Waals surface area contributed by atoms with Gasteiger partial charge in [-0.3, -0.25) is 0 Å². The largest absolute Gasteiger partial charge is 0.508 e. The summed E-state index contributed by atoms with van der Waals surface area (Å²) in [5.41, 5.74) is 4.84. The number of rotatable bonds is 2. The zero-order valence-corrected chi connectivity index (χ0v) is 14.5. The van der Waals surface area contributed by atoms with Crippen LogP contribution in [0.25, 0.3) is 0 Å². The number of urea groups is 1. The molecule has 0 saturated carbocycles. The summed E-state index contributed by atoms with van der Waals surface area (Å²) in [7, 11) is 3.57. The molecule has 1 aliphatic rings. The van der Waals surface area contributed by atoms with Gasteiger partial charge in [-0.05, 0) is 40.8 Å². The molecule has 126 valence electrons. The number of fused-ring (bicyclic) bond motifs is 1. The van der Waals surface area contributed by atoms with Crippen molar-refractivity contribution in [1.29, 1.82) is 0 Å². The van der Waals surface area contributed by atoms with Crippen molar-refractivity contribution in [1.82, 2.24) is 9.80 Å². The molecule has 1 aliphatic heterocycles. The maximum atomic E-state index is 12.6. The highest BCUT2D eigenvalue weighted by molar-refractivity contribution is 5.74. The number of hydrogen-bond acceptors (Lipinski definition) is 2. The van der Waals surface area contributed by atoms with E-state index in [4.69, 9.17) is 0 Å². The average Bonchev–Trinajstić information content (AvgIpc) is 2.59. The van der Waals surface area contributed by atoms with Gasteiger partial charge in [-0.2, -0.15) is 0 Å². The lowest BCUT2D eigenvalue weighted by Gasteiger charge is -2.37. The number of phenolic OH excluding ortho intramolecular Hbond substituents is 1. The molecule has 1 heterocycles. The first-order valence-corrected chi connectivity index (χ1v) is 8.37. The van der Waals surface area contributed by atoms with Crippen LogP contribution in [0.15, 0.2) is 42.5 Å². The Kier molecular flexibility index (Phi) is 4.47. The summed E-state index contributed by atoms with van der Waals surface area (Å²) in [4.78, 5) is 16.1. The normalized spacial score (nSPS) is 16.6. The van der Waals surface area contributed by atoms with Crippen molar-refractivity contribution in [3.63, 3.8) is 0 Å². The molecule has 3 rings (SSSR count). The van der Waals surface area contributed by atoms with E-state index in [-0.39, 0.29) is 17.7 Å². The summed E-state index contributed by atoms with van der Waals surface area (Å²) in [5, 5.41) is 9.87. The van der Waals surface area contributed by atoms with Crippen LogP contribution in [0, 0.1) is 0 Å². The van der Waals surface area contributed by atoms with Gasteiger partial charge in [-0.1, -0.05) is 37.3 Å². The number of amides is 2. The maximum Gasteiger partial charge on any atom is 0.319 e. The van der Waals surface area contributed by atoms with E-state index in [9.17, 15) is 9.90 Å². The number of carbonyl (C=O) groups is 1. The van der Waals surface area contributed by atoms with E-state index in [0.717, 1.165) is 12.0 Å². The molecule has 4 heteroatoms. The average molecular weight is 324 g/mol. The third kappa shape index (κ3) is 2.96. The lowest BCUT2D eigenvalue weighted by molar-refractivity contribution is 0.162. The highest BCUT2D eigenvalue weighted by atomic mass is 16.3. The van der Waals surface area contributed by atoms with Gasteiger partial charge in [0.1, 0.15) is 5.75 Å². The molecule has 1 unspecified atom stereocenters. The molecule has 4 nitrogen and oxygen atoms in total. The molecule has 0 spiro atoms. The second-order valence-corrected chi connectivity index (χ2v) is 6.54. The number of aromatic hydroxyl groups is 1. The fourth-order valence-corrected chi connectivity index (χ4v) is 3.53. The monoisotopic (exact) mass is 324 g/mol. The number of carbonyl (C=O) groups excluding carboxylic acids is 1. The Hall–Kier alpha value is -2.49. The van der Waals surface area contributed by atoms with Gasteiger partial charge < -0.3 is 14.9 Å². The molecule has 2 aromatic carbocycles. The lowest BCUT2D eigenvalue weighted by atomic mass is 9.82. The number of phenols is 1. The predicted molar refractivity (Wildman–Crippen MR) is 95.3 cm³/mol. The van der Waals surface area contributed by atoms with Crippen LogP contribution in [-0.2, 0) is 13.0 Å². The van der Waals surface area contributed by atoms with E-state index in [1.807, 2.05) is 17.0 Å². The molecule has 2 aromatic rings. The second kappa shape index (κ2) is 6.56. The summed E-state index contributed by atoms with van der Waals surface area (Å²) in [6, 6.07) is 13.8. The molecule has 1 atom stereocenters. The minimum absolute atomic E-state index is 0.0247. The first-order valence-electron chi connectivity index (χ1n) is 8.37. The van der Waals surface area contributed by atoms with Crippen LogP contribution in [0.3, 0.4) is 0 Å². The molecule has 0 saturated heterocycles. The highest BCUT2D eigenvalue weighted by Crippen LogP contribution is 2.36. The van der Waals surface area contributed by atoms with Crippen molar-refractivity contribution >= 4 is 6.03 Å². The molecule has 0 fully saturated rings. The van der Waals surface area contributed by atoms with E-state index in [1.165, 1.54) is 16.7 Å². The van der Waals surface area contributed by atoms with Crippen molar-refractivity contribution in [3.8, 4) is 5.75 Å². The fraction of sp³-hybridized carbons (Fsp3) is 0.350. The summed E-state index contributed by atoms with van der Waals surface area (Å²) in [6.07, 6.45) is 0.944. The molecule has 0 aliphatic carbocycles. The SMILES string of the molecule is CCc1cccc2c1CN(C(=O)N(C)C)CC2c1cccc(O)c1. The zero-order valence-electron chi connectivity index (χ0n) is 14.5. The standard InChI is InChI=1S/C20H24N2O2/c1-4-14-7-6-10-17-18(14)12-22(20(24)21(2)3)13-19(17)15-8-5-9-16(23)11-15/h5-11,19,23H,4,12-13H2,1-3H3. The molecule has 0 aromatic heterocycles. The van der Waals surface area contributed by atoms with Crippen LogP contribution >= 0.6 is 0 Å².